The highest BCUT2D eigenvalue weighted by molar-refractivity contribution is 4.70. The van der Waals surface area contributed by atoms with E-state index in [9.17, 15) is 0 Å². The average molecular weight is 203 g/mol. The van der Waals surface area contributed by atoms with Gasteiger partial charge in [-0.05, 0) is 33.6 Å². The Morgan fingerprint density at radius 3 is 2.36 bits per heavy atom. The third-order valence-electron chi connectivity index (χ3n) is 2.10. The first-order valence-corrected chi connectivity index (χ1v) is 5.44. The van der Waals surface area contributed by atoms with Gasteiger partial charge in [0.1, 0.15) is 0 Å². The molecule has 0 radical (unpaired) electrons. The monoisotopic (exact) mass is 203 g/mol. The van der Waals surface area contributed by atoms with E-state index >= 15 is 0 Å². The number of hydrogen-bond acceptors (Lipinski definition) is 3. The quantitative estimate of drug-likeness (QED) is 0.613. The Morgan fingerprint density at radius 2 is 1.86 bits per heavy atom. The lowest BCUT2D eigenvalue weighted by Gasteiger charge is -2.18. The summed E-state index contributed by atoms with van der Waals surface area (Å²) in [4.78, 5) is 0. The molecule has 0 aromatic heterocycles. The molecule has 0 spiro atoms. The Bertz CT molecular complexity index is 132. The van der Waals surface area contributed by atoms with Gasteiger partial charge in [0, 0.05) is 12.1 Å². The molecule has 14 heavy (non-hydrogen) atoms. The summed E-state index contributed by atoms with van der Waals surface area (Å²) >= 11 is 0. The first-order chi connectivity index (χ1) is 6.45. The topological polar surface area (TPSA) is 44.5 Å². The van der Waals surface area contributed by atoms with Gasteiger partial charge >= 0.3 is 0 Å². The zero-order chi connectivity index (χ0) is 11.0. The molecular formula is C11H25NO2. The molecule has 3 heteroatoms. The van der Waals surface area contributed by atoms with Crippen LogP contribution in [0, 0.1) is 0 Å². The van der Waals surface area contributed by atoms with Crippen LogP contribution in [0.4, 0.5) is 0 Å². The fourth-order valence-electron chi connectivity index (χ4n) is 0.863. The van der Waals surface area contributed by atoms with Gasteiger partial charge < -0.3 is 15.2 Å². The lowest BCUT2D eigenvalue weighted by atomic mass is 10.0. The summed E-state index contributed by atoms with van der Waals surface area (Å²) in [6.07, 6.45) is 2.27. The molecule has 1 unspecified atom stereocenters. The van der Waals surface area contributed by atoms with E-state index in [1.165, 1.54) is 0 Å². The summed E-state index contributed by atoms with van der Waals surface area (Å²) in [6.45, 7) is 10.3. The highest BCUT2D eigenvalue weighted by Gasteiger charge is 2.09. The van der Waals surface area contributed by atoms with E-state index in [0.717, 1.165) is 12.8 Å². The Kier molecular flexibility index (Phi) is 7.15. The average Bonchev–Trinajstić information content (AvgIpc) is 2.08. The van der Waals surface area contributed by atoms with Crippen LogP contribution < -0.4 is 5.73 Å². The minimum Gasteiger partial charge on any atom is -0.379 e. The molecule has 0 aromatic carbocycles. The molecule has 0 amide bonds. The number of ether oxygens (including phenoxy) is 2. The van der Waals surface area contributed by atoms with Gasteiger partial charge in [0.2, 0.25) is 0 Å². The second-order valence-electron chi connectivity index (χ2n) is 4.44. The van der Waals surface area contributed by atoms with Crippen molar-refractivity contribution in [2.24, 2.45) is 5.73 Å². The van der Waals surface area contributed by atoms with E-state index in [1.54, 1.807) is 0 Å². The molecule has 0 heterocycles. The number of hydrogen-bond donors (Lipinski definition) is 1. The molecule has 86 valence electrons. The summed E-state index contributed by atoms with van der Waals surface area (Å²) in [6, 6.07) is 0. The molecule has 2 N–H and O–H groups in total. The Morgan fingerprint density at radius 1 is 1.21 bits per heavy atom. The van der Waals surface area contributed by atoms with E-state index in [-0.39, 0.29) is 5.54 Å². The van der Waals surface area contributed by atoms with Gasteiger partial charge in [-0.15, -0.1) is 0 Å². The Balaban J connectivity index is 3.14. The van der Waals surface area contributed by atoms with Crippen molar-refractivity contribution in [3.05, 3.63) is 0 Å². The number of nitrogens with two attached hydrogens (primary N) is 1. The second-order valence-corrected chi connectivity index (χ2v) is 4.44. The van der Waals surface area contributed by atoms with Crippen molar-refractivity contribution in [3.8, 4) is 0 Å². The predicted molar refractivity (Wildman–Crippen MR) is 59.4 cm³/mol. The van der Waals surface area contributed by atoms with Crippen LogP contribution in [0.2, 0.25) is 0 Å². The Labute approximate surface area is 88.0 Å². The van der Waals surface area contributed by atoms with Gasteiger partial charge in [-0.1, -0.05) is 6.92 Å². The molecule has 0 fully saturated rings. The minimum absolute atomic E-state index is 0.127. The lowest BCUT2D eigenvalue weighted by Crippen LogP contribution is -2.33. The molecule has 0 aliphatic heterocycles. The van der Waals surface area contributed by atoms with Crippen LogP contribution in [0.5, 0.6) is 0 Å². The molecule has 0 aromatic rings. The van der Waals surface area contributed by atoms with Crippen LogP contribution in [-0.2, 0) is 9.47 Å². The maximum absolute atomic E-state index is 5.81. The van der Waals surface area contributed by atoms with Crippen molar-refractivity contribution in [2.45, 2.75) is 52.2 Å². The van der Waals surface area contributed by atoms with Crippen molar-refractivity contribution in [2.75, 3.05) is 19.8 Å². The van der Waals surface area contributed by atoms with Gasteiger partial charge in [-0.3, -0.25) is 0 Å². The first-order valence-electron chi connectivity index (χ1n) is 5.44. The summed E-state index contributed by atoms with van der Waals surface area (Å²) in [7, 11) is 0. The molecule has 0 rings (SSSR count). The smallest absolute Gasteiger partial charge is 0.0704 e. The van der Waals surface area contributed by atoms with Crippen LogP contribution >= 0.6 is 0 Å². The molecule has 3 nitrogen and oxygen atoms in total. The third-order valence-corrected chi connectivity index (χ3v) is 2.10. The lowest BCUT2D eigenvalue weighted by molar-refractivity contribution is 0.00823. The van der Waals surface area contributed by atoms with Crippen molar-refractivity contribution >= 4 is 0 Å². The molecule has 0 bridgehead atoms. The van der Waals surface area contributed by atoms with Gasteiger partial charge in [-0.25, -0.2) is 0 Å². The van der Waals surface area contributed by atoms with Gasteiger partial charge in [0.05, 0.1) is 19.3 Å². The van der Waals surface area contributed by atoms with Crippen LogP contribution in [0.1, 0.15) is 40.5 Å². The third kappa shape index (κ3) is 9.96. The second kappa shape index (κ2) is 7.21. The van der Waals surface area contributed by atoms with E-state index < -0.39 is 0 Å². The fourth-order valence-corrected chi connectivity index (χ4v) is 0.863. The summed E-state index contributed by atoms with van der Waals surface area (Å²) in [5.41, 5.74) is 5.68. The van der Waals surface area contributed by atoms with E-state index in [4.69, 9.17) is 15.2 Å². The standard InChI is InChI=1S/C11H25NO2/c1-5-10(2)14-9-8-13-7-6-11(3,4)12/h10H,5-9,12H2,1-4H3. The van der Waals surface area contributed by atoms with Crippen LogP contribution in [-0.4, -0.2) is 31.5 Å². The van der Waals surface area contributed by atoms with Crippen LogP contribution in [0.3, 0.4) is 0 Å². The summed E-state index contributed by atoms with van der Waals surface area (Å²) in [5, 5.41) is 0. The van der Waals surface area contributed by atoms with E-state index in [2.05, 4.69) is 13.8 Å². The van der Waals surface area contributed by atoms with Crippen molar-refractivity contribution in [1.82, 2.24) is 0 Å². The first kappa shape index (κ1) is 13.9. The van der Waals surface area contributed by atoms with Gasteiger partial charge in [0.25, 0.3) is 0 Å². The maximum atomic E-state index is 5.81. The summed E-state index contributed by atoms with van der Waals surface area (Å²) < 4.78 is 10.9. The maximum Gasteiger partial charge on any atom is 0.0704 e. The zero-order valence-electron chi connectivity index (χ0n) is 10.0. The molecular weight excluding hydrogens is 178 g/mol. The zero-order valence-corrected chi connectivity index (χ0v) is 10.0. The van der Waals surface area contributed by atoms with Gasteiger partial charge in [0.15, 0.2) is 0 Å². The van der Waals surface area contributed by atoms with Crippen molar-refractivity contribution in [3.63, 3.8) is 0 Å². The molecule has 0 aliphatic rings. The van der Waals surface area contributed by atoms with E-state index in [1.807, 2.05) is 13.8 Å². The fraction of sp³-hybridized carbons (Fsp3) is 1.00. The van der Waals surface area contributed by atoms with Crippen LogP contribution in [0.15, 0.2) is 0 Å². The van der Waals surface area contributed by atoms with Gasteiger partial charge in [-0.2, -0.15) is 0 Å². The molecule has 1 atom stereocenters. The number of rotatable bonds is 8. The molecule has 0 saturated heterocycles. The Hall–Kier alpha value is -0.120. The SMILES string of the molecule is CCC(C)OCCOCCC(C)(C)N. The van der Waals surface area contributed by atoms with Crippen molar-refractivity contribution in [1.29, 1.82) is 0 Å². The van der Waals surface area contributed by atoms with Crippen LogP contribution in [0.25, 0.3) is 0 Å². The van der Waals surface area contributed by atoms with Crippen molar-refractivity contribution < 1.29 is 9.47 Å². The van der Waals surface area contributed by atoms with E-state index in [0.29, 0.717) is 25.9 Å². The normalized spacial score (nSPS) is 14.4. The molecule has 0 aliphatic carbocycles. The predicted octanol–water partition coefficient (Wildman–Crippen LogP) is 1.95. The summed E-state index contributed by atoms with van der Waals surface area (Å²) in [5.74, 6) is 0. The molecule has 0 saturated carbocycles. The highest BCUT2D eigenvalue weighted by Crippen LogP contribution is 2.03. The highest BCUT2D eigenvalue weighted by atomic mass is 16.5. The minimum atomic E-state index is -0.127. The largest absolute Gasteiger partial charge is 0.379 e.